The summed E-state index contributed by atoms with van der Waals surface area (Å²) in [7, 11) is 3.17. The lowest BCUT2D eigenvalue weighted by Gasteiger charge is -2.20. The predicted octanol–water partition coefficient (Wildman–Crippen LogP) is 0.801. The van der Waals surface area contributed by atoms with Crippen molar-refractivity contribution in [2.45, 2.75) is 6.42 Å². The van der Waals surface area contributed by atoms with Crippen LogP contribution < -0.4 is 14.8 Å². The molecule has 0 fully saturated rings. The van der Waals surface area contributed by atoms with E-state index in [4.69, 9.17) is 18.9 Å². The Hall–Kier alpha value is -2.12. The molecule has 1 amide bonds. The van der Waals surface area contributed by atoms with E-state index in [9.17, 15) is 9.59 Å². The van der Waals surface area contributed by atoms with Crippen molar-refractivity contribution in [2.24, 2.45) is 0 Å². The van der Waals surface area contributed by atoms with Crippen molar-refractivity contribution in [3.8, 4) is 11.5 Å². The third-order valence-electron chi connectivity index (χ3n) is 3.11. The summed E-state index contributed by atoms with van der Waals surface area (Å²) < 4.78 is 21.1. The average molecular weight is 309 g/mol. The van der Waals surface area contributed by atoms with Crippen molar-refractivity contribution < 1.29 is 28.5 Å². The highest BCUT2D eigenvalue weighted by Gasteiger charge is 2.25. The molecule has 0 aromatic heterocycles. The highest BCUT2D eigenvalue weighted by atomic mass is 16.5. The Balaban J connectivity index is 2.22. The van der Waals surface area contributed by atoms with Crippen LogP contribution in [0.4, 0.5) is 5.69 Å². The smallest absolute Gasteiger partial charge is 0.292 e. The highest BCUT2D eigenvalue weighted by Crippen LogP contribution is 2.35. The van der Waals surface area contributed by atoms with Crippen LogP contribution in [0.25, 0.3) is 0 Å². The lowest BCUT2D eigenvalue weighted by Crippen LogP contribution is -2.29. The zero-order chi connectivity index (χ0) is 15.9. The minimum Gasteiger partial charge on any atom is -0.487 e. The molecule has 1 N–H and O–H groups in total. The molecule has 2 rings (SSSR count). The van der Waals surface area contributed by atoms with Crippen molar-refractivity contribution >= 4 is 17.4 Å². The number of nitrogens with one attached hydrogen (secondary N) is 1. The fraction of sp³-hybridized carbons (Fsp3) is 0.467. The van der Waals surface area contributed by atoms with Gasteiger partial charge in [0.25, 0.3) is 5.91 Å². The zero-order valence-electron chi connectivity index (χ0n) is 12.6. The maximum atomic E-state index is 11.5. The number of fused-ring (bicyclic) bond motifs is 1. The van der Waals surface area contributed by atoms with Crippen LogP contribution in [0.5, 0.6) is 11.5 Å². The summed E-state index contributed by atoms with van der Waals surface area (Å²) in [6, 6.07) is 3.38. The molecule has 0 saturated heterocycles. The van der Waals surface area contributed by atoms with E-state index in [1.54, 1.807) is 26.4 Å². The molecule has 22 heavy (non-hydrogen) atoms. The van der Waals surface area contributed by atoms with Gasteiger partial charge in [-0.15, -0.1) is 0 Å². The number of rotatable bonds is 8. The van der Waals surface area contributed by atoms with Gasteiger partial charge in [0.1, 0.15) is 13.2 Å². The van der Waals surface area contributed by atoms with Crippen LogP contribution in [0.3, 0.4) is 0 Å². The Bertz CT molecular complexity index is 508. The van der Waals surface area contributed by atoms with Crippen LogP contribution in [-0.2, 0) is 25.5 Å². The summed E-state index contributed by atoms with van der Waals surface area (Å²) >= 11 is 0. The van der Waals surface area contributed by atoms with Gasteiger partial charge in [0.05, 0.1) is 13.2 Å². The van der Waals surface area contributed by atoms with Gasteiger partial charge in [-0.05, 0) is 11.6 Å². The molecule has 0 radical (unpaired) electrons. The molecular formula is C15H19NO6. The van der Waals surface area contributed by atoms with Gasteiger partial charge in [-0.2, -0.15) is 0 Å². The molecule has 7 nitrogen and oxygen atoms in total. The van der Waals surface area contributed by atoms with Crippen molar-refractivity contribution in [1.82, 2.24) is 0 Å². The number of anilines is 1. The molecule has 1 aromatic carbocycles. The van der Waals surface area contributed by atoms with Crippen molar-refractivity contribution in [3.63, 3.8) is 0 Å². The first-order valence-corrected chi connectivity index (χ1v) is 6.90. The second-order valence-corrected chi connectivity index (χ2v) is 4.69. The number of carbonyl (C=O) groups is 2. The van der Waals surface area contributed by atoms with Crippen LogP contribution in [0.15, 0.2) is 12.1 Å². The van der Waals surface area contributed by atoms with Crippen LogP contribution >= 0.6 is 0 Å². The molecule has 0 unspecified atom stereocenters. The molecule has 1 aliphatic heterocycles. The molecule has 1 aliphatic rings. The topological polar surface area (TPSA) is 83.1 Å². The minimum atomic E-state index is -0.608. The second-order valence-electron chi connectivity index (χ2n) is 4.69. The Morgan fingerprint density at radius 1 is 0.955 bits per heavy atom. The van der Waals surface area contributed by atoms with Gasteiger partial charge >= 0.3 is 0 Å². The maximum absolute atomic E-state index is 11.5. The maximum Gasteiger partial charge on any atom is 0.292 e. The lowest BCUT2D eigenvalue weighted by atomic mass is 10.0. The van der Waals surface area contributed by atoms with E-state index in [0.29, 0.717) is 49.2 Å². The number of hydrogen-bond donors (Lipinski definition) is 1. The number of ether oxygens (including phenoxy) is 4. The Morgan fingerprint density at radius 2 is 1.55 bits per heavy atom. The molecule has 1 aromatic rings. The van der Waals surface area contributed by atoms with Crippen LogP contribution in [-0.4, -0.2) is 52.3 Å². The van der Waals surface area contributed by atoms with E-state index in [0.717, 1.165) is 0 Å². The summed E-state index contributed by atoms with van der Waals surface area (Å²) in [5.41, 5.74) is 1.27. The lowest BCUT2D eigenvalue weighted by molar-refractivity contribution is -0.134. The zero-order valence-corrected chi connectivity index (χ0v) is 12.6. The number of carbonyl (C=O) groups excluding carboxylic acids is 2. The number of methoxy groups -OCH3 is 2. The van der Waals surface area contributed by atoms with E-state index < -0.39 is 11.7 Å². The Morgan fingerprint density at radius 3 is 2.14 bits per heavy atom. The fourth-order valence-electron chi connectivity index (χ4n) is 2.01. The fourth-order valence-corrected chi connectivity index (χ4v) is 2.01. The summed E-state index contributed by atoms with van der Waals surface area (Å²) in [5, 5.41) is 2.55. The van der Waals surface area contributed by atoms with Gasteiger partial charge in [0, 0.05) is 32.4 Å². The molecule has 0 bridgehead atoms. The SMILES string of the molecule is COCCOc1cc2c(cc1OCCOC)NC(=O)C(=O)C2. The van der Waals surface area contributed by atoms with E-state index in [-0.39, 0.29) is 6.42 Å². The number of hydrogen-bond acceptors (Lipinski definition) is 6. The molecule has 0 atom stereocenters. The summed E-state index contributed by atoms with van der Waals surface area (Å²) in [5.74, 6) is -0.0795. The normalized spacial score (nSPS) is 13.5. The van der Waals surface area contributed by atoms with E-state index >= 15 is 0 Å². The third kappa shape index (κ3) is 3.96. The Labute approximate surface area is 128 Å². The number of benzene rings is 1. The highest BCUT2D eigenvalue weighted by molar-refractivity contribution is 6.42. The molecule has 120 valence electrons. The molecular weight excluding hydrogens is 290 g/mol. The van der Waals surface area contributed by atoms with Crippen molar-refractivity contribution in [2.75, 3.05) is 46.0 Å². The van der Waals surface area contributed by atoms with Gasteiger partial charge < -0.3 is 24.3 Å². The summed E-state index contributed by atoms with van der Waals surface area (Å²) in [4.78, 5) is 23.0. The standard InChI is InChI=1S/C15H19NO6/c1-19-3-5-21-13-8-10-7-12(17)15(18)16-11(10)9-14(13)22-6-4-20-2/h8-9H,3-7H2,1-2H3,(H,16,18). The average Bonchev–Trinajstić information content (AvgIpc) is 2.50. The van der Waals surface area contributed by atoms with Gasteiger partial charge in [0.2, 0.25) is 5.78 Å². The Kier molecular flexibility index (Phi) is 5.74. The summed E-state index contributed by atoms with van der Waals surface area (Å²) in [6.07, 6.45) is 0.0557. The molecule has 0 spiro atoms. The summed E-state index contributed by atoms with van der Waals surface area (Å²) in [6.45, 7) is 1.57. The van der Waals surface area contributed by atoms with Crippen LogP contribution in [0, 0.1) is 0 Å². The first kappa shape index (κ1) is 16.3. The molecule has 0 aliphatic carbocycles. The minimum absolute atomic E-state index is 0.0557. The van der Waals surface area contributed by atoms with Crippen molar-refractivity contribution in [3.05, 3.63) is 17.7 Å². The van der Waals surface area contributed by atoms with Crippen LogP contribution in [0.1, 0.15) is 5.56 Å². The third-order valence-corrected chi connectivity index (χ3v) is 3.11. The van der Waals surface area contributed by atoms with Gasteiger partial charge in [-0.25, -0.2) is 0 Å². The van der Waals surface area contributed by atoms with Gasteiger partial charge in [-0.3, -0.25) is 9.59 Å². The first-order chi connectivity index (χ1) is 10.7. The van der Waals surface area contributed by atoms with Crippen molar-refractivity contribution in [1.29, 1.82) is 0 Å². The number of amides is 1. The number of Topliss-reactive ketones (excluding diaryl/α,β-unsaturated/α-hetero) is 1. The van der Waals surface area contributed by atoms with Gasteiger partial charge in [-0.1, -0.05) is 0 Å². The second kappa shape index (κ2) is 7.77. The van der Waals surface area contributed by atoms with Crippen LogP contribution in [0.2, 0.25) is 0 Å². The largest absolute Gasteiger partial charge is 0.487 e. The van der Waals surface area contributed by atoms with E-state index in [1.807, 2.05) is 0 Å². The molecule has 7 heteroatoms. The predicted molar refractivity (Wildman–Crippen MR) is 78.5 cm³/mol. The van der Waals surface area contributed by atoms with Gasteiger partial charge in [0.15, 0.2) is 11.5 Å². The van der Waals surface area contributed by atoms with E-state index in [1.165, 1.54) is 0 Å². The van der Waals surface area contributed by atoms with E-state index in [2.05, 4.69) is 5.32 Å². The monoisotopic (exact) mass is 309 g/mol. The number of ketones is 1. The molecule has 0 saturated carbocycles. The first-order valence-electron chi connectivity index (χ1n) is 6.90. The quantitative estimate of drug-likeness (QED) is 0.565. The molecule has 1 heterocycles.